The Morgan fingerprint density at radius 1 is 0.900 bits per heavy atom. The standard InChI is InChI=1S/C27H46O3/c1-5-7-8-9-10-11-12-13-14-15-21-30-26(29)19-17-23-16-18-25(28)24(22-23)27(3,4)20-6-2/h16,18,22,28H,5-15,17,19-21H2,1-4H3. The van der Waals surface area contributed by atoms with Gasteiger partial charge in [0.15, 0.2) is 0 Å². The van der Waals surface area contributed by atoms with E-state index in [9.17, 15) is 9.90 Å². The van der Waals surface area contributed by atoms with Crippen LogP contribution in [0.4, 0.5) is 0 Å². The SMILES string of the molecule is CCCCCCCCCCCCOC(=O)CCc1ccc(O)c(C(C)(C)CCC)c1. The van der Waals surface area contributed by atoms with Crippen molar-refractivity contribution in [1.29, 1.82) is 0 Å². The smallest absolute Gasteiger partial charge is 0.306 e. The van der Waals surface area contributed by atoms with Gasteiger partial charge in [0.1, 0.15) is 5.75 Å². The molecular formula is C27H46O3. The molecule has 3 heteroatoms. The van der Waals surface area contributed by atoms with Crippen molar-refractivity contribution in [3.05, 3.63) is 29.3 Å². The Bertz CT molecular complexity index is 592. The zero-order valence-electron chi connectivity index (χ0n) is 20.1. The highest BCUT2D eigenvalue weighted by Gasteiger charge is 2.23. The van der Waals surface area contributed by atoms with Crippen LogP contribution >= 0.6 is 0 Å². The average Bonchev–Trinajstić information content (AvgIpc) is 2.71. The van der Waals surface area contributed by atoms with Gasteiger partial charge in [0.05, 0.1) is 6.61 Å². The molecule has 0 amide bonds. The fraction of sp³-hybridized carbons (Fsp3) is 0.741. The molecule has 3 nitrogen and oxygen atoms in total. The fourth-order valence-electron chi connectivity index (χ4n) is 4.13. The van der Waals surface area contributed by atoms with Crippen LogP contribution < -0.4 is 0 Å². The summed E-state index contributed by atoms with van der Waals surface area (Å²) in [6, 6.07) is 5.73. The molecule has 0 radical (unpaired) electrons. The number of esters is 1. The maximum Gasteiger partial charge on any atom is 0.306 e. The lowest BCUT2D eigenvalue weighted by Crippen LogP contribution is -2.17. The highest BCUT2D eigenvalue weighted by molar-refractivity contribution is 5.69. The Balaban J connectivity index is 2.19. The van der Waals surface area contributed by atoms with E-state index in [0.29, 0.717) is 25.2 Å². The van der Waals surface area contributed by atoms with Crippen LogP contribution in [0.2, 0.25) is 0 Å². The number of phenols is 1. The number of unbranched alkanes of at least 4 members (excludes halogenated alkanes) is 9. The lowest BCUT2D eigenvalue weighted by molar-refractivity contribution is -0.143. The summed E-state index contributed by atoms with van der Waals surface area (Å²) in [5.41, 5.74) is 1.99. The van der Waals surface area contributed by atoms with Crippen LogP contribution in [-0.4, -0.2) is 17.7 Å². The minimum absolute atomic E-state index is 0.0646. The molecule has 0 aliphatic heterocycles. The van der Waals surface area contributed by atoms with Gasteiger partial charge in [-0.3, -0.25) is 4.79 Å². The summed E-state index contributed by atoms with van der Waals surface area (Å²) < 4.78 is 5.41. The van der Waals surface area contributed by atoms with Crippen molar-refractivity contribution in [2.45, 2.75) is 123 Å². The summed E-state index contributed by atoms with van der Waals surface area (Å²) in [6.45, 7) is 9.28. The highest BCUT2D eigenvalue weighted by atomic mass is 16.5. The lowest BCUT2D eigenvalue weighted by Gasteiger charge is -2.26. The largest absolute Gasteiger partial charge is 0.508 e. The van der Waals surface area contributed by atoms with E-state index in [-0.39, 0.29) is 11.4 Å². The molecule has 0 saturated carbocycles. The molecule has 0 unspecified atom stereocenters. The minimum Gasteiger partial charge on any atom is -0.508 e. The summed E-state index contributed by atoms with van der Waals surface area (Å²) in [5, 5.41) is 10.3. The van der Waals surface area contributed by atoms with Crippen molar-refractivity contribution in [2.75, 3.05) is 6.61 Å². The molecule has 0 bridgehead atoms. The van der Waals surface area contributed by atoms with Gasteiger partial charge in [-0.2, -0.15) is 0 Å². The van der Waals surface area contributed by atoms with Crippen LogP contribution in [0.25, 0.3) is 0 Å². The molecule has 1 aromatic rings. The van der Waals surface area contributed by atoms with Crippen molar-refractivity contribution in [1.82, 2.24) is 0 Å². The first-order valence-electron chi connectivity index (χ1n) is 12.4. The molecule has 0 aliphatic rings. The van der Waals surface area contributed by atoms with Gasteiger partial charge in [0.2, 0.25) is 0 Å². The molecule has 1 aromatic carbocycles. The zero-order chi connectivity index (χ0) is 22.2. The summed E-state index contributed by atoms with van der Waals surface area (Å²) >= 11 is 0. The van der Waals surface area contributed by atoms with E-state index in [1.165, 1.54) is 51.4 Å². The Morgan fingerprint density at radius 3 is 2.10 bits per heavy atom. The molecule has 0 heterocycles. The van der Waals surface area contributed by atoms with E-state index in [1.807, 2.05) is 6.07 Å². The van der Waals surface area contributed by atoms with E-state index in [4.69, 9.17) is 4.74 Å². The third-order valence-electron chi connectivity index (χ3n) is 6.04. The summed E-state index contributed by atoms with van der Waals surface area (Å²) in [7, 11) is 0. The monoisotopic (exact) mass is 418 g/mol. The Kier molecular flexibility index (Phi) is 13.5. The molecule has 0 aromatic heterocycles. The van der Waals surface area contributed by atoms with Crippen LogP contribution in [0.15, 0.2) is 18.2 Å². The van der Waals surface area contributed by atoms with Crippen molar-refractivity contribution in [3.63, 3.8) is 0 Å². The van der Waals surface area contributed by atoms with Gasteiger partial charge in [-0.1, -0.05) is 104 Å². The van der Waals surface area contributed by atoms with Crippen molar-refractivity contribution >= 4 is 5.97 Å². The van der Waals surface area contributed by atoms with Crippen LogP contribution in [-0.2, 0) is 21.4 Å². The van der Waals surface area contributed by atoms with Gasteiger partial charge in [-0.15, -0.1) is 0 Å². The predicted octanol–water partition coefficient (Wildman–Crippen LogP) is 7.87. The molecule has 1 rings (SSSR count). The first-order valence-corrected chi connectivity index (χ1v) is 12.4. The number of aryl methyl sites for hydroxylation is 1. The normalized spacial score (nSPS) is 11.6. The molecular weight excluding hydrogens is 372 g/mol. The molecule has 0 atom stereocenters. The number of carbonyl (C=O) groups excluding carboxylic acids is 1. The number of aromatic hydroxyl groups is 1. The first-order chi connectivity index (χ1) is 14.4. The van der Waals surface area contributed by atoms with Crippen molar-refractivity contribution in [3.8, 4) is 5.75 Å². The van der Waals surface area contributed by atoms with Gasteiger partial charge in [0, 0.05) is 6.42 Å². The second-order valence-electron chi connectivity index (χ2n) is 9.39. The maximum absolute atomic E-state index is 12.1. The third kappa shape index (κ3) is 11.0. The molecule has 30 heavy (non-hydrogen) atoms. The number of hydrogen-bond donors (Lipinski definition) is 1. The number of phenolic OH excluding ortho intramolecular Hbond substituents is 1. The van der Waals surface area contributed by atoms with E-state index < -0.39 is 0 Å². The maximum atomic E-state index is 12.1. The van der Waals surface area contributed by atoms with Gasteiger partial charge >= 0.3 is 5.97 Å². The van der Waals surface area contributed by atoms with Gasteiger partial charge < -0.3 is 9.84 Å². The highest BCUT2D eigenvalue weighted by Crippen LogP contribution is 2.35. The number of ether oxygens (including phenoxy) is 1. The van der Waals surface area contributed by atoms with Gasteiger partial charge in [0.25, 0.3) is 0 Å². The van der Waals surface area contributed by atoms with E-state index in [2.05, 4.69) is 33.8 Å². The summed E-state index contributed by atoms with van der Waals surface area (Å²) in [4.78, 5) is 12.1. The number of rotatable bonds is 17. The minimum atomic E-state index is -0.117. The molecule has 0 aliphatic carbocycles. The first kappa shape index (κ1) is 26.5. The molecule has 0 fully saturated rings. The predicted molar refractivity (Wildman–Crippen MR) is 127 cm³/mol. The number of benzene rings is 1. The number of hydrogen-bond acceptors (Lipinski definition) is 3. The van der Waals surface area contributed by atoms with Crippen LogP contribution in [0.5, 0.6) is 5.75 Å². The second-order valence-corrected chi connectivity index (χ2v) is 9.39. The van der Waals surface area contributed by atoms with Gasteiger partial charge in [-0.25, -0.2) is 0 Å². The van der Waals surface area contributed by atoms with Crippen LogP contribution in [0.1, 0.15) is 122 Å². The lowest BCUT2D eigenvalue weighted by atomic mass is 9.79. The summed E-state index contributed by atoms with van der Waals surface area (Å²) in [6.07, 6.45) is 16.0. The topological polar surface area (TPSA) is 46.5 Å². The fourth-order valence-corrected chi connectivity index (χ4v) is 4.13. The van der Waals surface area contributed by atoms with Crippen LogP contribution in [0, 0.1) is 0 Å². The number of carbonyl (C=O) groups is 1. The second kappa shape index (κ2) is 15.3. The molecule has 0 spiro atoms. The quantitative estimate of drug-likeness (QED) is 0.207. The van der Waals surface area contributed by atoms with E-state index >= 15 is 0 Å². The van der Waals surface area contributed by atoms with E-state index in [0.717, 1.165) is 36.8 Å². The Labute approximate surface area is 185 Å². The third-order valence-corrected chi connectivity index (χ3v) is 6.04. The Morgan fingerprint density at radius 2 is 1.50 bits per heavy atom. The molecule has 1 N–H and O–H groups in total. The van der Waals surface area contributed by atoms with E-state index in [1.54, 1.807) is 6.07 Å². The van der Waals surface area contributed by atoms with Gasteiger partial charge in [-0.05, 0) is 41.9 Å². The summed E-state index contributed by atoms with van der Waals surface area (Å²) in [5.74, 6) is 0.231. The van der Waals surface area contributed by atoms with Crippen molar-refractivity contribution < 1.29 is 14.6 Å². The van der Waals surface area contributed by atoms with Crippen LogP contribution in [0.3, 0.4) is 0 Å². The molecule has 0 saturated heterocycles. The Hall–Kier alpha value is -1.51. The molecule has 172 valence electrons. The van der Waals surface area contributed by atoms with Crippen molar-refractivity contribution in [2.24, 2.45) is 0 Å². The zero-order valence-corrected chi connectivity index (χ0v) is 20.1. The average molecular weight is 419 g/mol.